The number of amides is 1. The molecule has 130 valence electrons. The number of hydrogen-bond acceptors (Lipinski definition) is 7. The van der Waals surface area contributed by atoms with E-state index >= 15 is 0 Å². The Labute approximate surface area is 163 Å². The van der Waals surface area contributed by atoms with Gasteiger partial charge >= 0.3 is 0 Å². The quantitative estimate of drug-likeness (QED) is 0.514. The monoisotopic (exact) mass is 399 g/mol. The summed E-state index contributed by atoms with van der Waals surface area (Å²) in [7, 11) is 1.60. The van der Waals surface area contributed by atoms with E-state index in [1.165, 1.54) is 28.1 Å². The molecule has 1 aromatic heterocycles. The molecule has 1 N–H and O–H groups in total. The predicted octanol–water partition coefficient (Wildman–Crippen LogP) is 4.53. The van der Waals surface area contributed by atoms with Crippen LogP contribution >= 0.6 is 35.3 Å². The van der Waals surface area contributed by atoms with Crippen LogP contribution in [0, 0.1) is 0 Å². The van der Waals surface area contributed by atoms with Gasteiger partial charge in [0.2, 0.25) is 5.13 Å². The summed E-state index contributed by atoms with van der Waals surface area (Å²) in [5, 5.41) is 1.99. The van der Waals surface area contributed by atoms with Gasteiger partial charge < -0.3 is 4.74 Å². The van der Waals surface area contributed by atoms with Crippen LogP contribution in [0.4, 0.5) is 5.13 Å². The van der Waals surface area contributed by atoms with Crippen molar-refractivity contribution in [1.29, 1.82) is 0 Å². The molecule has 3 aromatic rings. The standard InChI is InChI=1S/C18H13N3O2S3/c1-23-13-8-4-2-6-11(13)10-15-16(22)21(18(24)26-15)20-17-19-12-7-3-5-9-14(12)25-17/h2-10H,1H3,(H,19,20)/b15-10+. The number of thiocarbonyl (C=S) groups is 1. The number of rotatable bonds is 4. The van der Waals surface area contributed by atoms with E-state index in [-0.39, 0.29) is 5.91 Å². The first-order valence-electron chi connectivity index (χ1n) is 7.69. The molecular weight excluding hydrogens is 386 g/mol. The van der Waals surface area contributed by atoms with Crippen LogP contribution in [-0.2, 0) is 4.79 Å². The zero-order chi connectivity index (χ0) is 18.1. The molecule has 0 spiro atoms. The van der Waals surface area contributed by atoms with Gasteiger partial charge in [-0.2, -0.15) is 5.01 Å². The molecule has 0 aliphatic carbocycles. The van der Waals surface area contributed by atoms with Crippen LogP contribution in [-0.4, -0.2) is 27.3 Å². The second-order valence-corrected chi connectivity index (χ2v) is 8.06. The predicted molar refractivity (Wildman–Crippen MR) is 111 cm³/mol. The van der Waals surface area contributed by atoms with E-state index in [4.69, 9.17) is 17.0 Å². The number of nitrogens with one attached hydrogen (secondary N) is 1. The SMILES string of the molecule is COc1ccccc1/C=C1/SC(=S)N(Nc2nc3ccccc3s2)C1=O. The fraction of sp³-hybridized carbons (Fsp3) is 0.0556. The van der Waals surface area contributed by atoms with Crippen molar-refractivity contribution in [2.24, 2.45) is 0 Å². The summed E-state index contributed by atoms with van der Waals surface area (Å²) in [5.41, 5.74) is 4.74. The molecule has 1 aliphatic heterocycles. The number of carbonyl (C=O) groups excluding carboxylic acids is 1. The van der Waals surface area contributed by atoms with Crippen LogP contribution in [0.2, 0.25) is 0 Å². The van der Waals surface area contributed by atoms with Crippen molar-refractivity contribution >= 4 is 67.0 Å². The van der Waals surface area contributed by atoms with E-state index in [0.29, 0.717) is 20.1 Å². The molecule has 1 aliphatic rings. The molecule has 1 fully saturated rings. The third kappa shape index (κ3) is 3.18. The highest BCUT2D eigenvalue weighted by Crippen LogP contribution is 2.35. The Hall–Kier alpha value is -2.42. The van der Waals surface area contributed by atoms with Crippen LogP contribution in [0.3, 0.4) is 0 Å². The number of hydrogen-bond donors (Lipinski definition) is 1. The van der Waals surface area contributed by atoms with Gasteiger partial charge in [0.25, 0.3) is 5.91 Å². The first-order valence-corrected chi connectivity index (χ1v) is 9.73. The summed E-state index contributed by atoms with van der Waals surface area (Å²) in [6.45, 7) is 0. The van der Waals surface area contributed by atoms with E-state index in [1.807, 2.05) is 48.5 Å². The Bertz CT molecular complexity index is 1010. The fourth-order valence-electron chi connectivity index (χ4n) is 2.51. The third-order valence-electron chi connectivity index (χ3n) is 3.72. The van der Waals surface area contributed by atoms with Gasteiger partial charge in [-0.3, -0.25) is 10.2 Å². The summed E-state index contributed by atoms with van der Waals surface area (Å²) in [6, 6.07) is 15.3. The van der Waals surface area contributed by atoms with Crippen LogP contribution in [0.25, 0.3) is 16.3 Å². The second-order valence-electron chi connectivity index (χ2n) is 5.36. The van der Waals surface area contributed by atoms with Gasteiger partial charge in [0, 0.05) is 5.56 Å². The molecular formula is C18H13N3O2S3. The summed E-state index contributed by atoms with van der Waals surface area (Å²) >= 11 is 8.09. The Morgan fingerprint density at radius 1 is 1.19 bits per heavy atom. The van der Waals surface area contributed by atoms with Crippen LogP contribution < -0.4 is 10.2 Å². The number of fused-ring (bicyclic) bond motifs is 1. The van der Waals surface area contributed by atoms with E-state index in [0.717, 1.165) is 15.8 Å². The van der Waals surface area contributed by atoms with Crippen LogP contribution in [0.15, 0.2) is 53.4 Å². The van der Waals surface area contributed by atoms with Crippen molar-refractivity contribution in [1.82, 2.24) is 9.99 Å². The number of methoxy groups -OCH3 is 1. The van der Waals surface area contributed by atoms with Gasteiger partial charge in [0.05, 0.1) is 22.2 Å². The lowest BCUT2D eigenvalue weighted by Gasteiger charge is -2.14. The molecule has 5 nitrogen and oxygen atoms in total. The Kier molecular flexibility index (Phi) is 4.62. The summed E-state index contributed by atoms with van der Waals surface area (Å²) in [6.07, 6.45) is 1.79. The van der Waals surface area contributed by atoms with E-state index in [9.17, 15) is 4.79 Å². The molecule has 4 rings (SSSR count). The minimum absolute atomic E-state index is 0.204. The summed E-state index contributed by atoms with van der Waals surface area (Å²) < 4.78 is 6.82. The molecule has 26 heavy (non-hydrogen) atoms. The van der Waals surface area contributed by atoms with Gasteiger partial charge in [0.1, 0.15) is 5.75 Å². The molecule has 0 radical (unpaired) electrons. The van der Waals surface area contributed by atoms with Gasteiger partial charge in [-0.05, 0) is 36.5 Å². The highest BCUT2D eigenvalue weighted by atomic mass is 32.2. The molecule has 0 atom stereocenters. The normalized spacial score (nSPS) is 15.9. The number of thioether (sulfide) groups is 1. The lowest BCUT2D eigenvalue weighted by molar-refractivity contribution is -0.121. The van der Waals surface area contributed by atoms with Crippen molar-refractivity contribution in [2.45, 2.75) is 0 Å². The number of nitrogens with zero attached hydrogens (tertiary/aromatic N) is 2. The van der Waals surface area contributed by atoms with Gasteiger partial charge in [-0.15, -0.1) is 0 Å². The topological polar surface area (TPSA) is 54.5 Å². The molecule has 2 heterocycles. The number of thiazole rings is 1. The molecule has 1 saturated heterocycles. The Morgan fingerprint density at radius 2 is 1.96 bits per heavy atom. The number of aromatic nitrogens is 1. The van der Waals surface area contributed by atoms with Crippen LogP contribution in [0.5, 0.6) is 5.75 Å². The first kappa shape index (κ1) is 17.0. The molecule has 0 saturated carbocycles. The number of benzene rings is 2. The number of carbonyl (C=O) groups is 1. The van der Waals surface area contributed by atoms with E-state index in [2.05, 4.69) is 10.4 Å². The van der Waals surface area contributed by atoms with Crippen molar-refractivity contribution < 1.29 is 9.53 Å². The van der Waals surface area contributed by atoms with Gasteiger partial charge in [0.15, 0.2) is 4.32 Å². The zero-order valence-electron chi connectivity index (χ0n) is 13.6. The third-order valence-corrected chi connectivity index (χ3v) is 5.96. The molecule has 0 bridgehead atoms. The molecule has 0 unspecified atom stereocenters. The number of anilines is 1. The molecule has 1 amide bonds. The maximum atomic E-state index is 12.8. The van der Waals surface area contributed by atoms with Gasteiger partial charge in [-0.25, -0.2) is 4.98 Å². The second kappa shape index (κ2) is 7.06. The minimum atomic E-state index is -0.204. The van der Waals surface area contributed by atoms with Crippen molar-refractivity contribution in [3.05, 3.63) is 59.0 Å². The average molecular weight is 400 g/mol. The molecule has 2 aromatic carbocycles. The number of hydrazine groups is 1. The lowest BCUT2D eigenvalue weighted by Crippen LogP contribution is -2.33. The van der Waals surface area contributed by atoms with Gasteiger partial charge in [-0.1, -0.05) is 53.4 Å². The first-order chi connectivity index (χ1) is 12.7. The summed E-state index contributed by atoms with van der Waals surface area (Å²) in [4.78, 5) is 17.8. The Morgan fingerprint density at radius 3 is 2.77 bits per heavy atom. The zero-order valence-corrected chi connectivity index (χ0v) is 16.1. The maximum Gasteiger partial charge on any atom is 0.285 e. The van der Waals surface area contributed by atoms with Crippen molar-refractivity contribution in [3.8, 4) is 5.75 Å². The average Bonchev–Trinajstić information content (AvgIpc) is 3.18. The van der Waals surface area contributed by atoms with Crippen molar-refractivity contribution in [3.63, 3.8) is 0 Å². The smallest absolute Gasteiger partial charge is 0.285 e. The van der Waals surface area contributed by atoms with E-state index < -0.39 is 0 Å². The highest BCUT2D eigenvalue weighted by molar-refractivity contribution is 8.26. The summed E-state index contributed by atoms with van der Waals surface area (Å²) in [5.74, 6) is 0.502. The molecule has 8 heteroatoms. The van der Waals surface area contributed by atoms with E-state index in [1.54, 1.807) is 13.2 Å². The fourth-order valence-corrected chi connectivity index (χ4v) is 4.53. The highest BCUT2D eigenvalue weighted by Gasteiger charge is 2.33. The van der Waals surface area contributed by atoms with Crippen LogP contribution in [0.1, 0.15) is 5.56 Å². The Balaban J connectivity index is 1.60. The number of ether oxygens (including phenoxy) is 1. The van der Waals surface area contributed by atoms with Crippen molar-refractivity contribution in [2.75, 3.05) is 12.5 Å². The number of para-hydroxylation sites is 2. The largest absolute Gasteiger partial charge is 0.496 e. The maximum absolute atomic E-state index is 12.8. The lowest BCUT2D eigenvalue weighted by atomic mass is 10.2. The minimum Gasteiger partial charge on any atom is -0.496 e.